The summed E-state index contributed by atoms with van der Waals surface area (Å²) >= 11 is 1.57. The summed E-state index contributed by atoms with van der Waals surface area (Å²) in [6.45, 7) is 3.49. The van der Waals surface area contributed by atoms with Gasteiger partial charge in [-0.3, -0.25) is 4.79 Å². The number of rotatable bonds is 7. The monoisotopic (exact) mass is 367 g/mol. The average molecular weight is 367 g/mol. The van der Waals surface area contributed by atoms with Gasteiger partial charge < -0.3 is 9.84 Å². The minimum atomic E-state index is -0.775. The second-order valence-electron chi connectivity index (χ2n) is 6.76. The largest absolute Gasteiger partial charge is 0.481 e. The van der Waals surface area contributed by atoms with E-state index in [-0.39, 0.29) is 0 Å². The zero-order valence-corrected chi connectivity index (χ0v) is 15.6. The van der Waals surface area contributed by atoms with Gasteiger partial charge >= 0.3 is 5.97 Å². The molecule has 3 aromatic rings. The Morgan fingerprint density at radius 3 is 2.38 bits per heavy atom. The third-order valence-electron chi connectivity index (χ3n) is 4.22. The molecule has 1 N–H and O–H groups in total. The van der Waals surface area contributed by atoms with Gasteiger partial charge in [-0.15, -0.1) is 11.3 Å². The molecular weight excluding hydrogens is 346 g/mol. The molecule has 4 nitrogen and oxygen atoms in total. The maximum atomic E-state index is 11.2. The molecule has 0 atom stereocenters. The predicted molar refractivity (Wildman–Crippen MR) is 104 cm³/mol. The number of aliphatic carboxylic acids is 1. The van der Waals surface area contributed by atoms with E-state index in [9.17, 15) is 9.90 Å². The lowest BCUT2D eigenvalue weighted by molar-refractivity contribution is -0.147. The molecule has 1 aromatic heterocycles. The number of hydrogen-bond donors (Lipinski definition) is 1. The Labute approximate surface area is 157 Å². The third-order valence-corrected chi connectivity index (χ3v) is 5.13. The minimum Gasteiger partial charge on any atom is -0.481 e. The Balaban J connectivity index is 1.65. The van der Waals surface area contributed by atoms with Crippen LogP contribution in [0.4, 0.5) is 0 Å². The first-order chi connectivity index (χ1) is 12.4. The maximum absolute atomic E-state index is 11.2. The highest BCUT2D eigenvalue weighted by molar-refractivity contribution is 7.09. The van der Waals surface area contributed by atoms with Crippen LogP contribution in [-0.2, 0) is 11.2 Å². The van der Waals surface area contributed by atoms with Crippen LogP contribution >= 0.6 is 11.3 Å². The second kappa shape index (κ2) is 7.70. The standard InChI is InChI=1S/C21H21NO3S/c1-21(2,20(23)24)13-12-19-22-18(14-26-19)15-8-10-17(11-9-15)25-16-6-4-3-5-7-16/h3-11,14H,12-13H2,1-2H3,(H,23,24). The lowest BCUT2D eigenvalue weighted by Crippen LogP contribution is -2.24. The smallest absolute Gasteiger partial charge is 0.309 e. The van der Waals surface area contributed by atoms with Crippen LogP contribution in [0, 0.1) is 5.41 Å². The van der Waals surface area contributed by atoms with Crippen molar-refractivity contribution >= 4 is 17.3 Å². The van der Waals surface area contributed by atoms with Crippen LogP contribution in [0.3, 0.4) is 0 Å². The molecule has 0 fully saturated rings. The van der Waals surface area contributed by atoms with Crippen molar-refractivity contribution in [2.24, 2.45) is 5.41 Å². The number of benzene rings is 2. The van der Waals surface area contributed by atoms with E-state index in [1.165, 1.54) is 0 Å². The lowest BCUT2D eigenvalue weighted by Gasteiger charge is -2.17. The van der Waals surface area contributed by atoms with Crippen LogP contribution in [0.15, 0.2) is 60.0 Å². The number of aromatic nitrogens is 1. The maximum Gasteiger partial charge on any atom is 0.309 e. The molecule has 134 valence electrons. The summed E-state index contributed by atoms with van der Waals surface area (Å²) in [6.07, 6.45) is 1.23. The normalized spacial score (nSPS) is 11.3. The summed E-state index contributed by atoms with van der Waals surface area (Å²) in [5.74, 6) is 0.805. The van der Waals surface area contributed by atoms with Crippen molar-refractivity contribution in [2.75, 3.05) is 0 Å². The first-order valence-electron chi connectivity index (χ1n) is 8.45. The number of carbonyl (C=O) groups is 1. The van der Waals surface area contributed by atoms with Crippen molar-refractivity contribution in [1.29, 1.82) is 0 Å². The van der Waals surface area contributed by atoms with Gasteiger partial charge in [-0.25, -0.2) is 4.98 Å². The van der Waals surface area contributed by atoms with Crippen molar-refractivity contribution in [3.63, 3.8) is 0 Å². The fraction of sp³-hybridized carbons (Fsp3) is 0.238. The van der Waals surface area contributed by atoms with E-state index in [0.717, 1.165) is 27.8 Å². The Morgan fingerprint density at radius 1 is 1.08 bits per heavy atom. The molecular formula is C21H21NO3S. The summed E-state index contributed by atoms with van der Waals surface area (Å²) < 4.78 is 5.80. The first-order valence-corrected chi connectivity index (χ1v) is 9.33. The number of carboxylic acids is 1. The molecule has 26 heavy (non-hydrogen) atoms. The van der Waals surface area contributed by atoms with Gasteiger partial charge in [0.1, 0.15) is 11.5 Å². The van der Waals surface area contributed by atoms with E-state index < -0.39 is 11.4 Å². The summed E-state index contributed by atoms with van der Waals surface area (Å²) in [6, 6.07) is 17.5. The number of ether oxygens (including phenoxy) is 1. The number of aryl methyl sites for hydroxylation is 1. The highest BCUT2D eigenvalue weighted by Crippen LogP contribution is 2.29. The quantitative estimate of drug-likeness (QED) is 0.586. The fourth-order valence-corrected chi connectivity index (χ4v) is 3.21. The molecule has 0 amide bonds. The second-order valence-corrected chi connectivity index (χ2v) is 7.70. The number of thiazole rings is 1. The van der Waals surface area contributed by atoms with Gasteiger partial charge in [0.25, 0.3) is 0 Å². The Morgan fingerprint density at radius 2 is 1.73 bits per heavy atom. The van der Waals surface area contributed by atoms with E-state index in [4.69, 9.17) is 4.74 Å². The van der Waals surface area contributed by atoms with Crippen molar-refractivity contribution < 1.29 is 14.6 Å². The van der Waals surface area contributed by atoms with Gasteiger partial charge in [-0.05, 0) is 56.7 Å². The third kappa shape index (κ3) is 4.49. The van der Waals surface area contributed by atoms with Crippen LogP contribution in [0.1, 0.15) is 25.3 Å². The summed E-state index contributed by atoms with van der Waals surface area (Å²) in [5.41, 5.74) is 1.19. The molecule has 2 aromatic carbocycles. The predicted octanol–water partition coefficient (Wildman–Crippen LogP) is 5.65. The van der Waals surface area contributed by atoms with Gasteiger partial charge in [-0.1, -0.05) is 18.2 Å². The zero-order valence-electron chi connectivity index (χ0n) is 14.8. The van der Waals surface area contributed by atoms with Gasteiger partial charge in [0.05, 0.1) is 16.1 Å². The van der Waals surface area contributed by atoms with E-state index >= 15 is 0 Å². The molecule has 0 aliphatic rings. The van der Waals surface area contributed by atoms with Gasteiger partial charge in [-0.2, -0.15) is 0 Å². The Hall–Kier alpha value is -2.66. The molecule has 0 aliphatic heterocycles. The number of carboxylic acid groups (broad SMARTS) is 1. The molecule has 0 saturated heterocycles. The number of para-hydroxylation sites is 1. The van der Waals surface area contributed by atoms with E-state index in [2.05, 4.69) is 4.98 Å². The molecule has 0 spiro atoms. The van der Waals surface area contributed by atoms with Crippen LogP contribution in [0.5, 0.6) is 11.5 Å². The topological polar surface area (TPSA) is 59.4 Å². The Bertz CT molecular complexity index is 870. The molecule has 3 rings (SSSR count). The molecule has 0 aliphatic carbocycles. The summed E-state index contributed by atoms with van der Waals surface area (Å²) in [5, 5.41) is 12.2. The first kappa shape index (κ1) is 18.1. The van der Waals surface area contributed by atoms with Gasteiger partial charge in [0, 0.05) is 17.4 Å². The molecule has 0 radical (unpaired) electrons. The SMILES string of the molecule is CC(C)(CCc1nc(-c2ccc(Oc3ccccc3)cc2)cs1)C(=O)O. The van der Waals surface area contributed by atoms with Crippen molar-refractivity contribution in [3.05, 3.63) is 65.0 Å². The number of hydrogen-bond acceptors (Lipinski definition) is 4. The van der Waals surface area contributed by atoms with Crippen LogP contribution in [0.2, 0.25) is 0 Å². The van der Waals surface area contributed by atoms with E-state index in [0.29, 0.717) is 12.8 Å². The van der Waals surface area contributed by atoms with Crippen molar-refractivity contribution in [2.45, 2.75) is 26.7 Å². The van der Waals surface area contributed by atoms with Crippen LogP contribution in [0.25, 0.3) is 11.3 Å². The van der Waals surface area contributed by atoms with Gasteiger partial charge in [0.15, 0.2) is 0 Å². The molecule has 1 heterocycles. The van der Waals surface area contributed by atoms with Crippen LogP contribution < -0.4 is 4.74 Å². The van der Waals surface area contributed by atoms with Gasteiger partial charge in [0.2, 0.25) is 0 Å². The highest BCUT2D eigenvalue weighted by atomic mass is 32.1. The molecule has 0 saturated carbocycles. The highest BCUT2D eigenvalue weighted by Gasteiger charge is 2.27. The van der Waals surface area contributed by atoms with Crippen LogP contribution in [-0.4, -0.2) is 16.1 Å². The zero-order chi connectivity index (χ0) is 18.6. The summed E-state index contributed by atoms with van der Waals surface area (Å²) in [7, 11) is 0. The number of nitrogens with zero attached hydrogens (tertiary/aromatic N) is 1. The average Bonchev–Trinajstić information content (AvgIpc) is 3.11. The molecule has 5 heteroatoms. The van der Waals surface area contributed by atoms with E-state index in [1.54, 1.807) is 25.2 Å². The molecule has 0 bridgehead atoms. The van der Waals surface area contributed by atoms with E-state index in [1.807, 2.05) is 60.0 Å². The molecule has 0 unspecified atom stereocenters. The van der Waals surface area contributed by atoms with Crippen molar-refractivity contribution in [1.82, 2.24) is 4.98 Å². The van der Waals surface area contributed by atoms with Crippen molar-refractivity contribution in [3.8, 4) is 22.8 Å². The fourth-order valence-electron chi connectivity index (χ4n) is 2.40. The lowest BCUT2D eigenvalue weighted by atomic mass is 9.88. The Kier molecular flexibility index (Phi) is 5.38. The summed E-state index contributed by atoms with van der Waals surface area (Å²) in [4.78, 5) is 15.8. The minimum absolute atomic E-state index is 0.569.